The predicted molar refractivity (Wildman–Crippen MR) is 95.6 cm³/mol. The summed E-state index contributed by atoms with van der Waals surface area (Å²) in [5.41, 5.74) is 3.32. The van der Waals surface area contributed by atoms with Gasteiger partial charge in [0, 0.05) is 28.7 Å². The second-order valence-corrected chi connectivity index (χ2v) is 8.07. The van der Waals surface area contributed by atoms with E-state index in [0.29, 0.717) is 11.7 Å². The molecule has 0 fully saturated rings. The Labute approximate surface area is 139 Å². The number of nitrogens with zero attached hydrogens (tertiary/aromatic N) is 2. The summed E-state index contributed by atoms with van der Waals surface area (Å²) in [5, 5.41) is 14.0. The average molecular weight is 313 g/mol. The van der Waals surface area contributed by atoms with Crippen molar-refractivity contribution in [2.24, 2.45) is 0 Å². The summed E-state index contributed by atoms with van der Waals surface area (Å²) in [6.45, 7) is 14.5. The fourth-order valence-electron chi connectivity index (χ4n) is 2.49. The highest BCUT2D eigenvalue weighted by Crippen LogP contribution is 2.41. The molecule has 0 spiro atoms. The number of hydrogen-bond donors (Lipinski definition) is 2. The zero-order valence-corrected chi connectivity index (χ0v) is 15.2. The summed E-state index contributed by atoms with van der Waals surface area (Å²) < 4.78 is 0. The summed E-state index contributed by atoms with van der Waals surface area (Å²) in [7, 11) is 0. The number of aryl methyl sites for hydroxylation is 1. The highest BCUT2D eigenvalue weighted by molar-refractivity contribution is 5.62. The maximum Gasteiger partial charge on any atom is 0.227 e. The zero-order chi connectivity index (χ0) is 17.4. The third kappa shape index (κ3) is 4.01. The molecule has 0 saturated carbocycles. The normalized spacial score (nSPS) is 12.3. The number of hydrogen-bond acceptors (Lipinski definition) is 4. The van der Waals surface area contributed by atoms with E-state index in [1.54, 1.807) is 6.20 Å². The van der Waals surface area contributed by atoms with E-state index < -0.39 is 0 Å². The van der Waals surface area contributed by atoms with Gasteiger partial charge in [0.05, 0.1) is 0 Å². The van der Waals surface area contributed by atoms with Crippen LogP contribution in [0.4, 0.5) is 11.6 Å². The van der Waals surface area contributed by atoms with Crippen molar-refractivity contribution in [3.8, 4) is 5.75 Å². The van der Waals surface area contributed by atoms with Gasteiger partial charge in [-0.25, -0.2) is 9.97 Å². The molecule has 4 nitrogen and oxygen atoms in total. The molecule has 0 aliphatic carbocycles. The largest absolute Gasteiger partial charge is 0.507 e. The van der Waals surface area contributed by atoms with Crippen molar-refractivity contribution in [2.75, 3.05) is 5.32 Å². The Kier molecular flexibility index (Phi) is 4.38. The van der Waals surface area contributed by atoms with Crippen LogP contribution < -0.4 is 5.32 Å². The minimum absolute atomic E-state index is 0.158. The van der Waals surface area contributed by atoms with Gasteiger partial charge >= 0.3 is 0 Å². The van der Waals surface area contributed by atoms with E-state index in [1.165, 1.54) is 0 Å². The molecule has 2 aromatic rings. The molecule has 23 heavy (non-hydrogen) atoms. The van der Waals surface area contributed by atoms with Crippen LogP contribution in [0.5, 0.6) is 5.75 Å². The lowest BCUT2D eigenvalue weighted by Gasteiger charge is -2.28. The lowest BCUT2D eigenvalue weighted by Crippen LogP contribution is -2.17. The Morgan fingerprint density at radius 1 is 0.957 bits per heavy atom. The first-order valence-corrected chi connectivity index (χ1v) is 7.93. The van der Waals surface area contributed by atoms with Gasteiger partial charge in [-0.15, -0.1) is 0 Å². The third-order valence-corrected chi connectivity index (χ3v) is 3.78. The maximum atomic E-state index is 10.7. The number of rotatable bonds is 2. The third-order valence-electron chi connectivity index (χ3n) is 3.78. The summed E-state index contributed by atoms with van der Waals surface area (Å²) in [4.78, 5) is 8.65. The number of nitrogens with one attached hydrogen (secondary N) is 1. The molecule has 0 atom stereocenters. The van der Waals surface area contributed by atoms with Crippen molar-refractivity contribution in [1.29, 1.82) is 0 Å². The zero-order valence-electron chi connectivity index (χ0n) is 15.2. The molecular formula is C19H27N3O. The standard InChI is InChI=1S/C19H27N3O/c1-12-8-9-20-17(21-12)22-13-10-14(18(2,3)4)16(23)15(11-13)19(5,6)7/h8-11,23H,1-7H3,(H,20,21,22). The van der Waals surface area contributed by atoms with Gasteiger partial charge < -0.3 is 10.4 Å². The quantitative estimate of drug-likeness (QED) is 0.780. The van der Waals surface area contributed by atoms with Crippen LogP contribution in [0, 0.1) is 6.92 Å². The van der Waals surface area contributed by atoms with Crippen molar-refractivity contribution in [1.82, 2.24) is 9.97 Å². The minimum Gasteiger partial charge on any atom is -0.507 e. The maximum absolute atomic E-state index is 10.7. The van der Waals surface area contributed by atoms with Gasteiger partial charge in [-0.2, -0.15) is 0 Å². The van der Waals surface area contributed by atoms with E-state index in [9.17, 15) is 5.11 Å². The first kappa shape index (κ1) is 17.3. The molecule has 1 aromatic carbocycles. The van der Waals surface area contributed by atoms with Gasteiger partial charge in [0.15, 0.2) is 0 Å². The van der Waals surface area contributed by atoms with E-state index in [1.807, 2.05) is 25.1 Å². The van der Waals surface area contributed by atoms with Gasteiger partial charge in [-0.05, 0) is 36.0 Å². The summed E-state index contributed by atoms with van der Waals surface area (Å²) in [6.07, 6.45) is 1.74. The Morgan fingerprint density at radius 3 is 1.91 bits per heavy atom. The molecule has 0 bridgehead atoms. The van der Waals surface area contributed by atoms with Crippen LogP contribution in [-0.2, 0) is 10.8 Å². The minimum atomic E-state index is -0.158. The molecule has 0 aliphatic rings. The highest BCUT2D eigenvalue weighted by atomic mass is 16.3. The molecule has 0 unspecified atom stereocenters. The van der Waals surface area contributed by atoms with Crippen LogP contribution in [0.2, 0.25) is 0 Å². The summed E-state index contributed by atoms with van der Waals surface area (Å²) in [6, 6.07) is 5.83. The molecule has 1 heterocycles. The first-order valence-electron chi connectivity index (χ1n) is 7.93. The first-order chi connectivity index (χ1) is 10.5. The molecule has 0 amide bonds. The second-order valence-electron chi connectivity index (χ2n) is 8.07. The van der Waals surface area contributed by atoms with Gasteiger partial charge in [0.1, 0.15) is 5.75 Å². The molecule has 0 aliphatic heterocycles. The molecule has 1 aromatic heterocycles. The van der Waals surface area contributed by atoms with Gasteiger partial charge in [0.25, 0.3) is 0 Å². The SMILES string of the molecule is Cc1ccnc(Nc2cc(C(C)(C)C)c(O)c(C(C)(C)C)c2)n1. The second kappa shape index (κ2) is 5.84. The van der Waals surface area contributed by atoms with Crippen LogP contribution in [0.25, 0.3) is 0 Å². The van der Waals surface area contributed by atoms with Crippen LogP contribution in [0.15, 0.2) is 24.4 Å². The topological polar surface area (TPSA) is 58.0 Å². The molecule has 124 valence electrons. The molecule has 0 radical (unpaired) electrons. The molecule has 2 rings (SSSR count). The lowest BCUT2D eigenvalue weighted by molar-refractivity contribution is 0.423. The van der Waals surface area contributed by atoms with E-state index in [2.05, 4.69) is 56.8 Å². The lowest BCUT2D eigenvalue weighted by atomic mass is 9.79. The van der Waals surface area contributed by atoms with Crippen molar-refractivity contribution >= 4 is 11.6 Å². The number of benzene rings is 1. The Balaban J connectivity index is 2.56. The highest BCUT2D eigenvalue weighted by Gasteiger charge is 2.26. The van der Waals surface area contributed by atoms with Crippen molar-refractivity contribution in [3.05, 3.63) is 41.2 Å². The Hall–Kier alpha value is -2.10. The summed E-state index contributed by atoms with van der Waals surface area (Å²) >= 11 is 0. The van der Waals surface area contributed by atoms with Crippen molar-refractivity contribution in [2.45, 2.75) is 59.3 Å². The predicted octanol–water partition coefficient (Wildman–Crippen LogP) is 4.83. The van der Waals surface area contributed by atoms with Gasteiger partial charge in [0.2, 0.25) is 5.95 Å². The molecule has 4 heteroatoms. The average Bonchev–Trinajstić information content (AvgIpc) is 2.38. The van der Waals surface area contributed by atoms with Gasteiger partial charge in [-0.1, -0.05) is 41.5 Å². The van der Waals surface area contributed by atoms with E-state index >= 15 is 0 Å². The number of anilines is 2. The fourth-order valence-corrected chi connectivity index (χ4v) is 2.49. The molecule has 0 saturated heterocycles. The fraction of sp³-hybridized carbons (Fsp3) is 0.474. The van der Waals surface area contributed by atoms with Crippen LogP contribution in [0.3, 0.4) is 0 Å². The van der Waals surface area contributed by atoms with Crippen LogP contribution in [-0.4, -0.2) is 15.1 Å². The van der Waals surface area contributed by atoms with E-state index in [0.717, 1.165) is 22.5 Å². The number of aromatic hydroxyl groups is 1. The Bertz CT molecular complexity index is 674. The van der Waals surface area contributed by atoms with Crippen molar-refractivity contribution in [3.63, 3.8) is 0 Å². The molecular weight excluding hydrogens is 286 g/mol. The van der Waals surface area contributed by atoms with E-state index in [4.69, 9.17) is 0 Å². The van der Waals surface area contributed by atoms with Gasteiger partial charge in [-0.3, -0.25) is 0 Å². The Morgan fingerprint density at radius 2 is 1.48 bits per heavy atom. The van der Waals surface area contributed by atoms with Crippen LogP contribution >= 0.6 is 0 Å². The number of phenols is 1. The molecule has 2 N–H and O–H groups in total. The van der Waals surface area contributed by atoms with Crippen molar-refractivity contribution < 1.29 is 5.11 Å². The number of phenolic OH excluding ortho intramolecular Hbond substituents is 1. The monoisotopic (exact) mass is 313 g/mol. The smallest absolute Gasteiger partial charge is 0.227 e. The summed E-state index contributed by atoms with van der Waals surface area (Å²) in [5.74, 6) is 0.941. The van der Waals surface area contributed by atoms with E-state index in [-0.39, 0.29) is 10.8 Å². The number of aromatic nitrogens is 2. The van der Waals surface area contributed by atoms with Crippen LogP contribution in [0.1, 0.15) is 58.4 Å².